The molecule has 37 heavy (non-hydrogen) atoms. The van der Waals surface area contributed by atoms with E-state index in [2.05, 4.69) is 15.4 Å². The molecule has 4 heterocycles. The average Bonchev–Trinajstić information content (AvgIpc) is 3.17. The number of hydrogen-bond donors (Lipinski definition) is 3. The molecule has 5 rings (SSSR count). The molecule has 1 aromatic carbocycles. The zero-order valence-electron chi connectivity index (χ0n) is 21.7. The number of aryl methyl sites for hydroxylation is 3. The smallest absolute Gasteiger partial charge is 0.325 e. The van der Waals surface area contributed by atoms with E-state index >= 15 is 0 Å². The lowest BCUT2D eigenvalue weighted by Crippen LogP contribution is -2.55. The van der Waals surface area contributed by atoms with Crippen molar-refractivity contribution in [3.05, 3.63) is 52.8 Å². The highest BCUT2D eigenvalue weighted by Crippen LogP contribution is 2.33. The van der Waals surface area contributed by atoms with Crippen LogP contribution < -0.4 is 5.32 Å². The lowest BCUT2D eigenvalue weighted by atomic mass is 9.96. The van der Waals surface area contributed by atoms with E-state index in [0.29, 0.717) is 25.7 Å². The normalized spacial score (nSPS) is 18.8. The first kappa shape index (κ1) is 25.6. The van der Waals surface area contributed by atoms with Crippen molar-refractivity contribution >= 4 is 22.7 Å². The molecule has 0 bridgehead atoms. The number of aliphatic hydroxyl groups is 1. The number of anilines is 1. The molecule has 0 aliphatic carbocycles. The van der Waals surface area contributed by atoms with Gasteiger partial charge in [0.2, 0.25) is 0 Å². The van der Waals surface area contributed by atoms with Gasteiger partial charge < -0.3 is 20.3 Å². The van der Waals surface area contributed by atoms with E-state index in [1.54, 1.807) is 10.9 Å². The van der Waals surface area contributed by atoms with Gasteiger partial charge in [0.25, 0.3) is 0 Å². The Morgan fingerprint density at radius 1 is 1.27 bits per heavy atom. The van der Waals surface area contributed by atoms with Crippen LogP contribution in [0, 0.1) is 6.92 Å². The summed E-state index contributed by atoms with van der Waals surface area (Å²) in [6.45, 7) is 3.94. The van der Waals surface area contributed by atoms with Crippen molar-refractivity contribution in [2.24, 2.45) is 7.05 Å². The average molecular weight is 508 g/mol. The lowest BCUT2D eigenvalue weighted by Gasteiger charge is -2.42. The van der Waals surface area contributed by atoms with Gasteiger partial charge in [-0.25, -0.2) is 4.98 Å². The maximum atomic E-state index is 12.2. The quantitative estimate of drug-likeness (QED) is 0.338. The number of aliphatic carboxylic acids is 1. The van der Waals surface area contributed by atoms with Crippen LogP contribution in [-0.2, 0) is 29.6 Å². The monoisotopic (exact) mass is 507 g/mol. The van der Waals surface area contributed by atoms with E-state index in [4.69, 9.17) is 4.74 Å². The summed E-state index contributed by atoms with van der Waals surface area (Å²) in [4.78, 5) is 18.7. The molecule has 2 aliphatic heterocycles. The van der Waals surface area contributed by atoms with E-state index in [0.717, 1.165) is 72.1 Å². The highest BCUT2D eigenvalue weighted by atomic mass is 16.5. The van der Waals surface area contributed by atoms with Gasteiger partial charge in [-0.05, 0) is 49.8 Å². The van der Waals surface area contributed by atoms with Gasteiger partial charge in [0.05, 0.1) is 23.9 Å². The van der Waals surface area contributed by atoms with Gasteiger partial charge in [0.15, 0.2) is 0 Å². The van der Waals surface area contributed by atoms with Crippen LogP contribution >= 0.6 is 0 Å². The lowest BCUT2D eigenvalue weighted by molar-refractivity contribution is -0.150. The summed E-state index contributed by atoms with van der Waals surface area (Å²) in [6.07, 6.45) is 8.28. The summed E-state index contributed by atoms with van der Waals surface area (Å²) in [7, 11) is 1.87. The van der Waals surface area contributed by atoms with E-state index < -0.39 is 12.0 Å². The van der Waals surface area contributed by atoms with E-state index in [-0.39, 0.29) is 12.7 Å². The van der Waals surface area contributed by atoms with Crippen molar-refractivity contribution in [2.75, 3.05) is 25.0 Å². The minimum absolute atomic E-state index is 0.0341. The van der Waals surface area contributed by atoms with Gasteiger partial charge >= 0.3 is 5.97 Å². The molecule has 0 saturated carbocycles. The third-order valence-corrected chi connectivity index (χ3v) is 7.71. The van der Waals surface area contributed by atoms with Gasteiger partial charge in [-0.1, -0.05) is 31.0 Å². The molecule has 1 saturated heterocycles. The van der Waals surface area contributed by atoms with Crippen molar-refractivity contribution in [1.29, 1.82) is 0 Å². The van der Waals surface area contributed by atoms with Crippen LogP contribution in [0.5, 0.6) is 0 Å². The molecule has 3 aromatic rings. The Labute approximate surface area is 217 Å². The number of pyridine rings is 1. The minimum atomic E-state index is -0.840. The van der Waals surface area contributed by atoms with Crippen molar-refractivity contribution < 1.29 is 19.7 Å². The van der Waals surface area contributed by atoms with Crippen LogP contribution in [0.3, 0.4) is 0 Å². The number of hydrogen-bond acceptors (Lipinski definition) is 7. The van der Waals surface area contributed by atoms with Crippen molar-refractivity contribution in [1.82, 2.24) is 19.7 Å². The fourth-order valence-electron chi connectivity index (χ4n) is 5.73. The molecule has 9 nitrogen and oxygen atoms in total. The largest absolute Gasteiger partial charge is 0.480 e. The molecule has 3 N–H and O–H groups in total. The summed E-state index contributed by atoms with van der Waals surface area (Å²) in [5.41, 5.74) is 4.65. The Morgan fingerprint density at radius 2 is 2.11 bits per heavy atom. The van der Waals surface area contributed by atoms with Crippen LogP contribution in [0.15, 0.2) is 30.5 Å². The van der Waals surface area contributed by atoms with Crippen LogP contribution in [-0.4, -0.2) is 67.7 Å². The molecule has 9 heteroatoms. The predicted octanol–water partition coefficient (Wildman–Crippen LogP) is 3.58. The number of aliphatic hydroxyl groups excluding tert-OH is 1. The van der Waals surface area contributed by atoms with Gasteiger partial charge in [-0.15, -0.1) is 0 Å². The second kappa shape index (κ2) is 11.2. The van der Waals surface area contributed by atoms with Gasteiger partial charge in [-0.2, -0.15) is 5.10 Å². The third-order valence-electron chi connectivity index (χ3n) is 7.71. The Balaban J connectivity index is 1.03. The standard InChI is InChI=1S/C28H37N5O4/c1-18-23-8-6-9-24(25(23)32(2)31-18)26(28(35)36)33-15-22(16-33)37-12-5-3-4-7-21-11-10-20-13-19(17-34)14-29-27(20)30-21/h6,8-9,13-14,21-22,26,34H,3-5,7,10-12,15-17H2,1-2H3,(H,29,30)(H,35,36). The molecule has 2 aliphatic rings. The van der Waals surface area contributed by atoms with E-state index in [1.165, 1.54) is 5.56 Å². The molecule has 2 aromatic heterocycles. The van der Waals surface area contributed by atoms with Gasteiger partial charge in [0, 0.05) is 49.9 Å². The highest BCUT2D eigenvalue weighted by Gasteiger charge is 2.39. The summed E-state index contributed by atoms with van der Waals surface area (Å²) in [6, 6.07) is 7.61. The Hall–Kier alpha value is -3.01. The fraction of sp³-hybridized carbons (Fsp3) is 0.536. The summed E-state index contributed by atoms with van der Waals surface area (Å²) in [5.74, 6) is 0.119. The zero-order valence-corrected chi connectivity index (χ0v) is 21.7. The number of ether oxygens (including phenoxy) is 1. The number of likely N-dealkylation sites (tertiary alicyclic amines) is 1. The SMILES string of the molecule is Cc1nn(C)c2c(C(C(=O)O)N3CC(OCCCCCC4CCc5cc(CO)cnc5N4)C3)cccc12. The van der Waals surface area contributed by atoms with Crippen LogP contribution in [0.2, 0.25) is 0 Å². The molecule has 2 atom stereocenters. The Bertz CT molecular complexity index is 1250. The second-order valence-electron chi connectivity index (χ2n) is 10.4. The minimum Gasteiger partial charge on any atom is -0.480 e. The van der Waals surface area contributed by atoms with Crippen LogP contribution in [0.25, 0.3) is 10.9 Å². The number of fused-ring (bicyclic) bond motifs is 2. The van der Waals surface area contributed by atoms with Crippen molar-refractivity contribution in [2.45, 2.75) is 70.2 Å². The predicted molar refractivity (Wildman–Crippen MR) is 142 cm³/mol. The first-order valence-electron chi connectivity index (χ1n) is 13.3. The first-order valence-corrected chi connectivity index (χ1v) is 13.3. The second-order valence-corrected chi connectivity index (χ2v) is 10.4. The Morgan fingerprint density at radius 3 is 2.89 bits per heavy atom. The number of nitrogens with zero attached hydrogens (tertiary/aromatic N) is 4. The summed E-state index contributed by atoms with van der Waals surface area (Å²) >= 11 is 0. The third kappa shape index (κ3) is 5.49. The van der Waals surface area contributed by atoms with Gasteiger partial charge in [-0.3, -0.25) is 14.4 Å². The van der Waals surface area contributed by atoms with E-state index in [9.17, 15) is 15.0 Å². The Kier molecular flexibility index (Phi) is 7.73. The number of benzene rings is 1. The summed E-state index contributed by atoms with van der Waals surface area (Å²) < 4.78 is 7.84. The topological polar surface area (TPSA) is 113 Å². The molecular formula is C28H37N5O4. The molecule has 0 amide bonds. The number of carboxylic acid groups (broad SMARTS) is 1. The number of nitrogens with one attached hydrogen (secondary N) is 1. The zero-order chi connectivity index (χ0) is 25.9. The van der Waals surface area contributed by atoms with Crippen LogP contribution in [0.1, 0.15) is 60.5 Å². The molecule has 1 fully saturated rings. The molecule has 0 radical (unpaired) electrons. The molecule has 198 valence electrons. The first-order chi connectivity index (χ1) is 17.9. The number of aromatic nitrogens is 3. The van der Waals surface area contributed by atoms with Crippen molar-refractivity contribution in [3.8, 4) is 0 Å². The number of para-hydroxylation sites is 1. The maximum absolute atomic E-state index is 12.2. The summed E-state index contributed by atoms with van der Waals surface area (Å²) in [5, 5.41) is 28.3. The molecular weight excluding hydrogens is 470 g/mol. The number of carboxylic acids is 1. The fourth-order valence-corrected chi connectivity index (χ4v) is 5.73. The molecule has 0 spiro atoms. The number of carbonyl (C=O) groups is 1. The maximum Gasteiger partial charge on any atom is 0.325 e. The van der Waals surface area contributed by atoms with Crippen LogP contribution in [0.4, 0.5) is 5.82 Å². The number of rotatable bonds is 11. The van der Waals surface area contributed by atoms with E-state index in [1.807, 2.05) is 43.1 Å². The van der Waals surface area contributed by atoms with Gasteiger partial charge in [0.1, 0.15) is 11.9 Å². The number of unbranched alkanes of at least 4 members (excludes halogenated alkanes) is 2. The molecule has 2 unspecified atom stereocenters. The highest BCUT2D eigenvalue weighted by molar-refractivity contribution is 5.89. The van der Waals surface area contributed by atoms with Crippen molar-refractivity contribution in [3.63, 3.8) is 0 Å².